The van der Waals surface area contributed by atoms with Crippen LogP contribution >= 0.6 is 0 Å². The van der Waals surface area contributed by atoms with Crippen molar-refractivity contribution in [1.29, 1.82) is 0 Å². The molecular weight excluding hydrogens is 342 g/mol. The number of nitrogens with zero attached hydrogens (tertiary/aromatic N) is 4. The smallest absolute Gasteiger partial charge is 0.255 e. The molecule has 0 bridgehead atoms. The predicted octanol–water partition coefficient (Wildman–Crippen LogP) is 2.56. The van der Waals surface area contributed by atoms with E-state index in [4.69, 9.17) is 4.52 Å². The van der Waals surface area contributed by atoms with Crippen LogP contribution in [-0.2, 0) is 6.42 Å². The van der Waals surface area contributed by atoms with Crippen molar-refractivity contribution in [2.45, 2.75) is 56.9 Å². The van der Waals surface area contributed by atoms with Gasteiger partial charge in [0.25, 0.3) is 5.91 Å². The van der Waals surface area contributed by atoms with Gasteiger partial charge in [-0.15, -0.1) is 0 Å². The third-order valence-electron chi connectivity index (χ3n) is 5.66. The minimum Gasteiger partial charge on any atom is -0.339 e. The second-order valence-electron chi connectivity index (χ2n) is 7.54. The van der Waals surface area contributed by atoms with Crippen LogP contribution < -0.4 is 5.32 Å². The first-order valence-corrected chi connectivity index (χ1v) is 10.0. The summed E-state index contributed by atoms with van der Waals surface area (Å²) in [7, 11) is 0. The lowest BCUT2D eigenvalue weighted by molar-refractivity contribution is 0.0705. The zero-order valence-corrected chi connectivity index (χ0v) is 15.6. The average Bonchev–Trinajstić information content (AvgIpc) is 3.40. The molecule has 0 radical (unpaired) electrons. The fourth-order valence-corrected chi connectivity index (χ4v) is 4.05. The third-order valence-corrected chi connectivity index (χ3v) is 5.66. The molecule has 1 aliphatic heterocycles. The number of nitrogens with one attached hydrogen (secondary N) is 1. The van der Waals surface area contributed by atoms with Gasteiger partial charge in [0.1, 0.15) is 0 Å². The van der Waals surface area contributed by atoms with E-state index in [9.17, 15) is 4.79 Å². The SMILES string of the molecule is O=C(c1cccnc1)N1CCC(NCCc2noc(C3CCCC3)n2)CC1. The molecule has 1 saturated carbocycles. The van der Waals surface area contributed by atoms with Crippen molar-refractivity contribution >= 4 is 5.91 Å². The number of carbonyl (C=O) groups excluding carboxylic acids is 1. The molecule has 2 fully saturated rings. The summed E-state index contributed by atoms with van der Waals surface area (Å²) >= 11 is 0. The Bertz CT molecular complexity index is 734. The summed E-state index contributed by atoms with van der Waals surface area (Å²) in [6.45, 7) is 2.39. The number of likely N-dealkylation sites (tertiary alicyclic amines) is 1. The summed E-state index contributed by atoms with van der Waals surface area (Å²) in [4.78, 5) is 23.0. The van der Waals surface area contributed by atoms with Gasteiger partial charge >= 0.3 is 0 Å². The van der Waals surface area contributed by atoms with E-state index in [1.54, 1.807) is 18.5 Å². The monoisotopic (exact) mass is 369 g/mol. The van der Waals surface area contributed by atoms with Gasteiger partial charge in [0.2, 0.25) is 5.89 Å². The normalized spacial score (nSPS) is 18.9. The second kappa shape index (κ2) is 8.61. The lowest BCUT2D eigenvalue weighted by atomic mass is 10.0. The van der Waals surface area contributed by atoms with Crippen molar-refractivity contribution in [3.63, 3.8) is 0 Å². The standard InChI is InChI=1S/C20H27N5O2/c26-20(16-6-3-10-21-14-16)25-12-8-17(9-13-25)22-11-7-18-23-19(27-24-18)15-4-1-2-5-15/h3,6,10,14-15,17,22H,1-2,4-5,7-9,11-13H2. The molecule has 0 unspecified atom stereocenters. The molecule has 0 atom stereocenters. The molecular formula is C20H27N5O2. The Kier molecular flexibility index (Phi) is 5.77. The maximum Gasteiger partial charge on any atom is 0.255 e. The highest BCUT2D eigenvalue weighted by atomic mass is 16.5. The van der Waals surface area contributed by atoms with Crippen molar-refractivity contribution in [2.24, 2.45) is 0 Å². The lowest BCUT2D eigenvalue weighted by Crippen LogP contribution is -2.45. The van der Waals surface area contributed by atoms with Gasteiger partial charge in [-0.05, 0) is 37.8 Å². The van der Waals surface area contributed by atoms with E-state index in [-0.39, 0.29) is 5.91 Å². The van der Waals surface area contributed by atoms with Gasteiger partial charge in [0, 0.05) is 50.4 Å². The number of piperidine rings is 1. The maximum absolute atomic E-state index is 12.5. The van der Waals surface area contributed by atoms with Crippen LogP contribution in [0, 0.1) is 0 Å². The molecule has 2 aliphatic rings. The van der Waals surface area contributed by atoms with Crippen molar-refractivity contribution in [1.82, 2.24) is 25.3 Å². The summed E-state index contributed by atoms with van der Waals surface area (Å²) in [5, 5.41) is 7.70. The zero-order chi connectivity index (χ0) is 18.5. The number of hydrogen-bond acceptors (Lipinski definition) is 6. The lowest BCUT2D eigenvalue weighted by Gasteiger charge is -2.32. The molecule has 1 aliphatic carbocycles. The van der Waals surface area contributed by atoms with Crippen LogP contribution in [0.25, 0.3) is 0 Å². The molecule has 7 nitrogen and oxygen atoms in total. The molecule has 0 spiro atoms. The summed E-state index contributed by atoms with van der Waals surface area (Å²) in [5.41, 5.74) is 0.666. The van der Waals surface area contributed by atoms with Crippen LogP contribution in [0.5, 0.6) is 0 Å². The Balaban J connectivity index is 1.18. The molecule has 1 amide bonds. The van der Waals surface area contributed by atoms with Gasteiger partial charge in [-0.25, -0.2) is 0 Å². The first kappa shape index (κ1) is 18.1. The molecule has 0 aromatic carbocycles. The van der Waals surface area contributed by atoms with E-state index in [1.807, 2.05) is 11.0 Å². The number of hydrogen-bond donors (Lipinski definition) is 1. The topological polar surface area (TPSA) is 84.2 Å². The molecule has 27 heavy (non-hydrogen) atoms. The van der Waals surface area contributed by atoms with E-state index >= 15 is 0 Å². The van der Waals surface area contributed by atoms with Crippen LogP contribution in [-0.4, -0.2) is 51.6 Å². The maximum atomic E-state index is 12.5. The average molecular weight is 369 g/mol. The van der Waals surface area contributed by atoms with Crippen LogP contribution in [0.15, 0.2) is 29.0 Å². The Hall–Kier alpha value is -2.28. The summed E-state index contributed by atoms with van der Waals surface area (Å²) in [6.07, 6.45) is 10.9. The summed E-state index contributed by atoms with van der Waals surface area (Å²) in [6, 6.07) is 4.06. The minimum absolute atomic E-state index is 0.0767. The highest BCUT2D eigenvalue weighted by Crippen LogP contribution is 2.32. The predicted molar refractivity (Wildman–Crippen MR) is 100 cm³/mol. The first-order valence-electron chi connectivity index (χ1n) is 10.0. The molecule has 7 heteroatoms. The fraction of sp³-hybridized carbons (Fsp3) is 0.600. The van der Waals surface area contributed by atoms with E-state index in [1.165, 1.54) is 25.7 Å². The molecule has 4 rings (SSSR count). The van der Waals surface area contributed by atoms with Gasteiger partial charge < -0.3 is 14.7 Å². The van der Waals surface area contributed by atoms with E-state index < -0.39 is 0 Å². The number of aromatic nitrogens is 3. The quantitative estimate of drug-likeness (QED) is 0.842. The molecule has 1 saturated heterocycles. The van der Waals surface area contributed by atoms with Gasteiger partial charge in [-0.3, -0.25) is 9.78 Å². The van der Waals surface area contributed by atoms with Gasteiger partial charge in [-0.2, -0.15) is 4.98 Å². The Morgan fingerprint density at radius 3 is 2.78 bits per heavy atom. The number of amides is 1. The highest BCUT2D eigenvalue weighted by molar-refractivity contribution is 5.93. The highest BCUT2D eigenvalue weighted by Gasteiger charge is 2.24. The van der Waals surface area contributed by atoms with E-state index in [0.29, 0.717) is 17.5 Å². The molecule has 3 heterocycles. The molecule has 144 valence electrons. The first-order chi connectivity index (χ1) is 13.3. The van der Waals surface area contributed by atoms with Gasteiger partial charge in [0.05, 0.1) is 5.56 Å². The van der Waals surface area contributed by atoms with E-state index in [0.717, 1.165) is 50.6 Å². The van der Waals surface area contributed by atoms with E-state index in [2.05, 4.69) is 20.4 Å². The number of carbonyl (C=O) groups is 1. The van der Waals surface area contributed by atoms with Crippen molar-refractivity contribution in [3.05, 3.63) is 41.8 Å². The van der Waals surface area contributed by atoms with Gasteiger partial charge in [0.15, 0.2) is 5.82 Å². The van der Waals surface area contributed by atoms with Crippen molar-refractivity contribution in [2.75, 3.05) is 19.6 Å². The zero-order valence-electron chi connectivity index (χ0n) is 15.6. The number of pyridine rings is 1. The second-order valence-corrected chi connectivity index (χ2v) is 7.54. The Morgan fingerprint density at radius 2 is 2.04 bits per heavy atom. The fourth-order valence-electron chi connectivity index (χ4n) is 4.05. The third kappa shape index (κ3) is 4.53. The Labute approximate surface area is 159 Å². The summed E-state index contributed by atoms with van der Waals surface area (Å²) < 4.78 is 5.44. The van der Waals surface area contributed by atoms with Crippen LogP contribution in [0.3, 0.4) is 0 Å². The molecule has 2 aromatic heterocycles. The van der Waals surface area contributed by atoms with Crippen molar-refractivity contribution < 1.29 is 9.32 Å². The minimum atomic E-state index is 0.0767. The number of rotatable bonds is 6. The Morgan fingerprint density at radius 1 is 1.22 bits per heavy atom. The van der Waals surface area contributed by atoms with Gasteiger partial charge in [-0.1, -0.05) is 18.0 Å². The summed E-state index contributed by atoms with van der Waals surface area (Å²) in [5.74, 6) is 2.17. The molecule has 1 N–H and O–H groups in total. The van der Waals surface area contributed by atoms with Crippen LogP contribution in [0.1, 0.15) is 66.5 Å². The largest absolute Gasteiger partial charge is 0.339 e. The van der Waals surface area contributed by atoms with Crippen molar-refractivity contribution in [3.8, 4) is 0 Å². The molecule has 2 aromatic rings. The van der Waals surface area contributed by atoms with Crippen LogP contribution in [0.4, 0.5) is 0 Å². The van der Waals surface area contributed by atoms with Crippen LogP contribution in [0.2, 0.25) is 0 Å².